The molecule has 0 heterocycles. The van der Waals surface area contributed by atoms with Crippen molar-refractivity contribution in [3.05, 3.63) is 91.9 Å². The standard InChI is InChI=1S/C22H20BrCl2NO2/c1-27-21-10-17(13-26-12-15-6-2-4-8-19(15)24)18(23)11-22(21)28-14-16-7-3-5-9-20(16)25/h2-11,26H,12-14H2,1H3. The third kappa shape index (κ3) is 5.42. The molecule has 0 atom stereocenters. The lowest BCUT2D eigenvalue weighted by Crippen LogP contribution is -2.13. The summed E-state index contributed by atoms with van der Waals surface area (Å²) in [5.74, 6) is 1.33. The molecule has 3 nitrogen and oxygen atoms in total. The number of nitrogens with one attached hydrogen (secondary N) is 1. The molecule has 0 radical (unpaired) electrons. The quantitative estimate of drug-likeness (QED) is 0.392. The van der Waals surface area contributed by atoms with E-state index < -0.39 is 0 Å². The lowest BCUT2D eigenvalue weighted by atomic mass is 10.1. The molecule has 146 valence electrons. The largest absolute Gasteiger partial charge is 0.493 e. The highest BCUT2D eigenvalue weighted by molar-refractivity contribution is 9.10. The minimum absolute atomic E-state index is 0.368. The Morgan fingerprint density at radius 3 is 2.07 bits per heavy atom. The minimum Gasteiger partial charge on any atom is -0.493 e. The van der Waals surface area contributed by atoms with Gasteiger partial charge in [-0.1, -0.05) is 75.5 Å². The monoisotopic (exact) mass is 479 g/mol. The summed E-state index contributed by atoms with van der Waals surface area (Å²) in [5.41, 5.74) is 3.05. The average Bonchev–Trinajstić information content (AvgIpc) is 2.70. The van der Waals surface area contributed by atoms with Gasteiger partial charge in [-0.3, -0.25) is 0 Å². The van der Waals surface area contributed by atoms with Crippen LogP contribution in [0.4, 0.5) is 0 Å². The van der Waals surface area contributed by atoms with Crippen molar-refractivity contribution in [1.82, 2.24) is 5.32 Å². The zero-order valence-electron chi connectivity index (χ0n) is 15.3. The molecule has 0 aliphatic heterocycles. The molecule has 1 N–H and O–H groups in total. The first-order valence-electron chi connectivity index (χ1n) is 8.75. The maximum atomic E-state index is 6.21. The average molecular weight is 481 g/mol. The highest BCUT2D eigenvalue weighted by Crippen LogP contribution is 2.34. The zero-order valence-corrected chi connectivity index (χ0v) is 18.4. The molecule has 3 aromatic carbocycles. The van der Waals surface area contributed by atoms with Crippen LogP contribution in [-0.2, 0) is 19.7 Å². The summed E-state index contributed by atoms with van der Waals surface area (Å²) < 4.78 is 12.4. The SMILES string of the molecule is COc1cc(CNCc2ccccc2Cl)c(Br)cc1OCc1ccccc1Cl. The maximum absolute atomic E-state index is 6.21. The van der Waals surface area contributed by atoms with Crippen LogP contribution in [0.25, 0.3) is 0 Å². The predicted octanol–water partition coefficient (Wildman–Crippen LogP) is 6.63. The van der Waals surface area contributed by atoms with E-state index in [1.807, 2.05) is 60.7 Å². The minimum atomic E-state index is 0.368. The van der Waals surface area contributed by atoms with Crippen molar-refractivity contribution >= 4 is 39.1 Å². The van der Waals surface area contributed by atoms with E-state index >= 15 is 0 Å². The summed E-state index contributed by atoms with van der Waals surface area (Å²) in [5, 5.41) is 4.85. The van der Waals surface area contributed by atoms with E-state index in [0.29, 0.717) is 36.2 Å². The van der Waals surface area contributed by atoms with Gasteiger partial charge in [0.05, 0.1) is 7.11 Å². The van der Waals surface area contributed by atoms with Crippen LogP contribution in [0.5, 0.6) is 11.5 Å². The van der Waals surface area contributed by atoms with Crippen LogP contribution < -0.4 is 14.8 Å². The number of rotatable bonds is 8. The van der Waals surface area contributed by atoms with Gasteiger partial charge in [0.15, 0.2) is 11.5 Å². The molecule has 0 aromatic heterocycles. The van der Waals surface area contributed by atoms with Gasteiger partial charge in [0.25, 0.3) is 0 Å². The van der Waals surface area contributed by atoms with Crippen LogP contribution in [0.15, 0.2) is 65.1 Å². The number of ether oxygens (including phenoxy) is 2. The number of halogens is 3. The first-order valence-corrected chi connectivity index (χ1v) is 10.3. The third-order valence-electron chi connectivity index (χ3n) is 4.26. The zero-order chi connectivity index (χ0) is 19.9. The molecule has 0 saturated carbocycles. The summed E-state index contributed by atoms with van der Waals surface area (Å²) >= 11 is 16.0. The lowest BCUT2D eigenvalue weighted by molar-refractivity contribution is 0.284. The molecule has 0 bridgehead atoms. The second-order valence-electron chi connectivity index (χ2n) is 6.17. The highest BCUT2D eigenvalue weighted by Gasteiger charge is 2.11. The van der Waals surface area contributed by atoms with E-state index in [1.54, 1.807) is 7.11 Å². The summed E-state index contributed by atoms with van der Waals surface area (Å²) in [6, 6.07) is 19.3. The van der Waals surface area contributed by atoms with Gasteiger partial charge in [-0.25, -0.2) is 0 Å². The van der Waals surface area contributed by atoms with Gasteiger partial charge in [-0.05, 0) is 35.4 Å². The number of hydrogen-bond donors (Lipinski definition) is 1. The van der Waals surface area contributed by atoms with E-state index in [9.17, 15) is 0 Å². The number of hydrogen-bond acceptors (Lipinski definition) is 3. The molecule has 0 saturated heterocycles. The van der Waals surface area contributed by atoms with E-state index in [4.69, 9.17) is 32.7 Å². The van der Waals surface area contributed by atoms with Gasteiger partial charge in [0, 0.05) is 33.2 Å². The Morgan fingerprint density at radius 1 is 0.821 bits per heavy atom. The molecule has 0 spiro atoms. The fourth-order valence-electron chi connectivity index (χ4n) is 2.73. The molecule has 0 fully saturated rings. The first kappa shape index (κ1) is 21.0. The third-order valence-corrected chi connectivity index (χ3v) is 5.74. The normalized spacial score (nSPS) is 10.7. The summed E-state index contributed by atoms with van der Waals surface area (Å²) in [4.78, 5) is 0. The molecule has 3 aromatic rings. The van der Waals surface area contributed by atoms with Crippen LogP contribution in [0, 0.1) is 0 Å². The Balaban J connectivity index is 1.67. The topological polar surface area (TPSA) is 30.5 Å². The van der Waals surface area contributed by atoms with E-state index in [2.05, 4.69) is 21.2 Å². The van der Waals surface area contributed by atoms with Gasteiger partial charge < -0.3 is 14.8 Å². The Morgan fingerprint density at radius 2 is 1.43 bits per heavy atom. The molecular formula is C22H20BrCl2NO2. The van der Waals surface area contributed by atoms with Crippen molar-refractivity contribution < 1.29 is 9.47 Å². The van der Waals surface area contributed by atoms with Gasteiger partial charge in [0.1, 0.15) is 6.61 Å². The molecule has 6 heteroatoms. The molecule has 0 amide bonds. The number of methoxy groups -OCH3 is 1. The van der Waals surface area contributed by atoms with Crippen LogP contribution in [0.1, 0.15) is 16.7 Å². The lowest BCUT2D eigenvalue weighted by Gasteiger charge is -2.15. The molecule has 3 rings (SSSR count). The van der Waals surface area contributed by atoms with Crippen molar-refractivity contribution in [3.8, 4) is 11.5 Å². The van der Waals surface area contributed by atoms with Crippen molar-refractivity contribution in [2.24, 2.45) is 0 Å². The van der Waals surface area contributed by atoms with Crippen LogP contribution >= 0.6 is 39.1 Å². The highest BCUT2D eigenvalue weighted by atomic mass is 79.9. The van der Waals surface area contributed by atoms with Crippen LogP contribution in [0.2, 0.25) is 10.0 Å². The molecule has 0 aliphatic carbocycles. The Hall–Kier alpha value is -1.72. The Bertz CT molecular complexity index is 950. The maximum Gasteiger partial charge on any atom is 0.162 e. The van der Waals surface area contributed by atoms with E-state index in [1.165, 1.54) is 0 Å². The Kier molecular flexibility index (Phi) is 7.63. The van der Waals surface area contributed by atoms with E-state index in [0.717, 1.165) is 26.2 Å². The smallest absolute Gasteiger partial charge is 0.162 e. The van der Waals surface area contributed by atoms with Crippen LogP contribution in [0.3, 0.4) is 0 Å². The second-order valence-corrected chi connectivity index (χ2v) is 7.84. The number of benzene rings is 3. The first-order chi connectivity index (χ1) is 13.6. The second kappa shape index (κ2) is 10.2. The van der Waals surface area contributed by atoms with Gasteiger partial charge in [-0.15, -0.1) is 0 Å². The molecule has 28 heavy (non-hydrogen) atoms. The van der Waals surface area contributed by atoms with E-state index in [-0.39, 0.29) is 0 Å². The van der Waals surface area contributed by atoms with Crippen LogP contribution in [-0.4, -0.2) is 7.11 Å². The van der Waals surface area contributed by atoms with Crippen molar-refractivity contribution in [3.63, 3.8) is 0 Å². The van der Waals surface area contributed by atoms with Gasteiger partial charge in [0.2, 0.25) is 0 Å². The predicted molar refractivity (Wildman–Crippen MR) is 118 cm³/mol. The van der Waals surface area contributed by atoms with Crippen molar-refractivity contribution in [1.29, 1.82) is 0 Å². The molecule has 0 unspecified atom stereocenters. The molecular weight excluding hydrogens is 461 g/mol. The van der Waals surface area contributed by atoms with Crippen molar-refractivity contribution in [2.75, 3.05) is 7.11 Å². The summed E-state index contributed by atoms with van der Waals surface area (Å²) in [7, 11) is 1.63. The Labute approximate surface area is 183 Å². The van der Waals surface area contributed by atoms with Gasteiger partial charge >= 0.3 is 0 Å². The fourth-order valence-corrected chi connectivity index (χ4v) is 3.58. The summed E-state index contributed by atoms with van der Waals surface area (Å²) in [6.07, 6.45) is 0. The van der Waals surface area contributed by atoms with Crippen molar-refractivity contribution in [2.45, 2.75) is 19.7 Å². The molecule has 0 aliphatic rings. The van der Waals surface area contributed by atoms with Gasteiger partial charge in [-0.2, -0.15) is 0 Å². The fraction of sp³-hybridized carbons (Fsp3) is 0.182. The summed E-state index contributed by atoms with van der Waals surface area (Å²) in [6.45, 7) is 1.71.